The maximum Gasteiger partial charge on any atom is 0.0267 e. The van der Waals surface area contributed by atoms with Gasteiger partial charge in [0.05, 0.1) is 0 Å². The summed E-state index contributed by atoms with van der Waals surface area (Å²) in [5.74, 6) is 1.98. The van der Waals surface area contributed by atoms with Gasteiger partial charge in [-0.05, 0) is 44.7 Å². The Morgan fingerprint density at radius 1 is 1.17 bits per heavy atom. The number of hydrogen-bond acceptors (Lipinski definition) is 2. The molecule has 0 aliphatic carbocycles. The number of hydrogen-bond donors (Lipinski definition) is 2. The summed E-state index contributed by atoms with van der Waals surface area (Å²) in [5.41, 5.74) is 1.24. The summed E-state index contributed by atoms with van der Waals surface area (Å²) in [4.78, 5) is 0. The topological polar surface area (TPSA) is 24.1 Å². The van der Waals surface area contributed by atoms with E-state index in [0.717, 1.165) is 18.9 Å². The lowest BCUT2D eigenvalue weighted by atomic mass is 9.85. The van der Waals surface area contributed by atoms with Crippen LogP contribution in [0.15, 0.2) is 12.3 Å². The van der Waals surface area contributed by atoms with E-state index in [1.165, 1.54) is 18.5 Å². The first-order valence-electron chi connectivity index (χ1n) is 7.52. The normalized spacial score (nSPS) is 14.9. The van der Waals surface area contributed by atoms with E-state index >= 15 is 0 Å². The fraction of sp³-hybridized carbons (Fsp3) is 0.875. The van der Waals surface area contributed by atoms with E-state index in [2.05, 4.69) is 51.8 Å². The van der Waals surface area contributed by atoms with Crippen LogP contribution >= 0.6 is 0 Å². The summed E-state index contributed by atoms with van der Waals surface area (Å²) < 4.78 is 0. The molecule has 18 heavy (non-hydrogen) atoms. The maximum absolute atomic E-state index is 4.29. The average Bonchev–Trinajstić information content (AvgIpc) is 2.30. The second kappa shape index (κ2) is 9.43. The molecule has 0 saturated heterocycles. The Labute approximate surface area is 115 Å². The third kappa shape index (κ3) is 7.05. The molecule has 0 bridgehead atoms. The van der Waals surface area contributed by atoms with Gasteiger partial charge in [-0.1, -0.05) is 41.2 Å². The summed E-state index contributed by atoms with van der Waals surface area (Å²) >= 11 is 0. The summed E-state index contributed by atoms with van der Waals surface area (Å²) in [6.07, 6.45) is 3.55. The van der Waals surface area contributed by atoms with Gasteiger partial charge < -0.3 is 10.6 Å². The van der Waals surface area contributed by atoms with Crippen LogP contribution in [0.2, 0.25) is 0 Å². The van der Waals surface area contributed by atoms with Gasteiger partial charge in [0.1, 0.15) is 0 Å². The van der Waals surface area contributed by atoms with Crippen LogP contribution in [0, 0.1) is 17.8 Å². The van der Waals surface area contributed by atoms with Gasteiger partial charge in [0, 0.05) is 17.7 Å². The van der Waals surface area contributed by atoms with E-state index in [0.29, 0.717) is 17.9 Å². The molecule has 0 spiro atoms. The molecule has 108 valence electrons. The van der Waals surface area contributed by atoms with Crippen LogP contribution in [0.4, 0.5) is 0 Å². The second-order valence-corrected chi connectivity index (χ2v) is 6.15. The van der Waals surface area contributed by atoms with Crippen LogP contribution in [0.5, 0.6) is 0 Å². The second-order valence-electron chi connectivity index (χ2n) is 6.15. The number of allylic oxidation sites excluding steroid dienone is 1. The third-order valence-corrected chi connectivity index (χ3v) is 3.60. The molecule has 0 rings (SSSR count). The highest BCUT2D eigenvalue weighted by molar-refractivity contribution is 5.01. The molecule has 2 N–H and O–H groups in total. The predicted octanol–water partition coefficient (Wildman–Crippen LogP) is 3.80. The first-order chi connectivity index (χ1) is 8.42. The monoisotopic (exact) mass is 254 g/mol. The molecule has 2 unspecified atom stereocenters. The van der Waals surface area contributed by atoms with Crippen LogP contribution in [0.3, 0.4) is 0 Å². The quantitative estimate of drug-likeness (QED) is 0.620. The lowest BCUT2D eigenvalue weighted by Gasteiger charge is -2.29. The summed E-state index contributed by atoms with van der Waals surface area (Å²) in [6.45, 7) is 16.8. The Balaban J connectivity index is 4.38. The zero-order valence-electron chi connectivity index (χ0n) is 13.3. The van der Waals surface area contributed by atoms with E-state index < -0.39 is 0 Å². The van der Waals surface area contributed by atoms with Gasteiger partial charge in [-0.3, -0.25) is 0 Å². The molecule has 2 nitrogen and oxygen atoms in total. The minimum Gasteiger partial charge on any atom is -0.386 e. The Morgan fingerprint density at radius 2 is 1.78 bits per heavy atom. The van der Waals surface area contributed by atoms with Gasteiger partial charge in [-0.25, -0.2) is 0 Å². The van der Waals surface area contributed by atoms with Crippen LogP contribution < -0.4 is 10.6 Å². The van der Waals surface area contributed by atoms with Gasteiger partial charge in [0.2, 0.25) is 0 Å². The Hall–Kier alpha value is -0.500. The highest BCUT2D eigenvalue weighted by Gasteiger charge is 2.20. The van der Waals surface area contributed by atoms with Crippen LogP contribution in [-0.2, 0) is 0 Å². The van der Waals surface area contributed by atoms with Crippen LogP contribution in [0.1, 0.15) is 53.9 Å². The highest BCUT2D eigenvalue weighted by atomic mass is 14.9. The molecule has 0 amide bonds. The fourth-order valence-electron chi connectivity index (χ4n) is 2.39. The summed E-state index contributed by atoms with van der Waals surface area (Å²) in [5, 5.41) is 6.87. The molecule has 0 aliphatic heterocycles. The molecule has 0 radical (unpaired) electrons. The van der Waals surface area contributed by atoms with Crippen molar-refractivity contribution in [2.75, 3.05) is 13.6 Å². The third-order valence-electron chi connectivity index (χ3n) is 3.60. The van der Waals surface area contributed by atoms with Gasteiger partial charge >= 0.3 is 0 Å². The highest BCUT2D eigenvalue weighted by Crippen LogP contribution is 2.25. The van der Waals surface area contributed by atoms with E-state index in [-0.39, 0.29) is 0 Å². The molecule has 2 heteroatoms. The lowest BCUT2D eigenvalue weighted by Crippen LogP contribution is -2.34. The SMILES string of the molecule is C=C(NC(CC)CCNC)C(CC(C)C)C(C)C. The van der Waals surface area contributed by atoms with Crippen LogP contribution in [0.25, 0.3) is 0 Å². The Kier molecular flexibility index (Phi) is 9.17. The minimum atomic E-state index is 0.554. The summed E-state index contributed by atoms with van der Waals surface area (Å²) in [7, 11) is 2.01. The smallest absolute Gasteiger partial charge is 0.0267 e. The number of rotatable bonds is 10. The van der Waals surface area contributed by atoms with Crippen molar-refractivity contribution in [2.45, 2.75) is 59.9 Å². The van der Waals surface area contributed by atoms with Crippen molar-refractivity contribution in [1.29, 1.82) is 0 Å². The first-order valence-corrected chi connectivity index (χ1v) is 7.52. The minimum absolute atomic E-state index is 0.554. The van der Waals surface area contributed by atoms with Crippen molar-refractivity contribution < 1.29 is 0 Å². The molecule has 0 fully saturated rings. The first kappa shape index (κ1) is 17.5. The van der Waals surface area contributed by atoms with Crippen LogP contribution in [-0.4, -0.2) is 19.6 Å². The molecule has 0 aromatic carbocycles. The molecule has 0 aliphatic rings. The molecule has 2 atom stereocenters. The van der Waals surface area contributed by atoms with Crippen molar-refractivity contribution in [3.63, 3.8) is 0 Å². The van der Waals surface area contributed by atoms with Crippen molar-refractivity contribution in [2.24, 2.45) is 17.8 Å². The van der Waals surface area contributed by atoms with Crippen molar-refractivity contribution in [1.82, 2.24) is 10.6 Å². The van der Waals surface area contributed by atoms with Gasteiger partial charge in [0.15, 0.2) is 0 Å². The summed E-state index contributed by atoms with van der Waals surface area (Å²) in [6, 6.07) is 0.554. The largest absolute Gasteiger partial charge is 0.386 e. The zero-order valence-corrected chi connectivity index (χ0v) is 13.3. The van der Waals surface area contributed by atoms with Crippen molar-refractivity contribution in [3.8, 4) is 0 Å². The molecular formula is C16H34N2. The lowest BCUT2D eigenvalue weighted by molar-refractivity contribution is 0.334. The molecule has 0 aromatic rings. The van der Waals surface area contributed by atoms with Gasteiger partial charge in [0.25, 0.3) is 0 Å². The molecule has 0 saturated carbocycles. The predicted molar refractivity (Wildman–Crippen MR) is 82.7 cm³/mol. The van der Waals surface area contributed by atoms with Crippen molar-refractivity contribution in [3.05, 3.63) is 12.3 Å². The van der Waals surface area contributed by atoms with E-state index in [4.69, 9.17) is 0 Å². The average molecular weight is 254 g/mol. The molecule has 0 heterocycles. The molecule has 0 aromatic heterocycles. The molecular weight excluding hydrogens is 220 g/mol. The van der Waals surface area contributed by atoms with E-state index in [1.54, 1.807) is 0 Å². The van der Waals surface area contributed by atoms with E-state index in [9.17, 15) is 0 Å². The fourth-order valence-corrected chi connectivity index (χ4v) is 2.39. The van der Waals surface area contributed by atoms with Gasteiger partial charge in [-0.15, -0.1) is 0 Å². The standard InChI is InChI=1S/C16H34N2/c1-8-15(9-10-17-7)18-14(6)16(13(4)5)11-12(2)3/h12-13,15-18H,6,8-11H2,1-5,7H3. The zero-order chi connectivity index (χ0) is 14.1. The maximum atomic E-state index is 4.29. The Bertz CT molecular complexity index is 221. The number of nitrogens with one attached hydrogen (secondary N) is 2. The van der Waals surface area contributed by atoms with Crippen molar-refractivity contribution >= 4 is 0 Å². The Morgan fingerprint density at radius 3 is 2.17 bits per heavy atom. The van der Waals surface area contributed by atoms with E-state index in [1.807, 2.05) is 7.05 Å². The van der Waals surface area contributed by atoms with Gasteiger partial charge in [-0.2, -0.15) is 0 Å².